The standard InChI is InChI=1S/C10H15BrN2/c1-10(2,3)9(12)7-6-13-5-4-8(7)11/h4-6,9H,12H2,1-3H3. The van der Waals surface area contributed by atoms with Gasteiger partial charge in [-0.3, -0.25) is 4.98 Å². The van der Waals surface area contributed by atoms with Crippen molar-refractivity contribution < 1.29 is 0 Å². The summed E-state index contributed by atoms with van der Waals surface area (Å²) >= 11 is 3.47. The monoisotopic (exact) mass is 242 g/mol. The number of rotatable bonds is 1. The Bertz CT molecular complexity index is 291. The van der Waals surface area contributed by atoms with Gasteiger partial charge in [0.15, 0.2) is 0 Å². The number of halogens is 1. The largest absolute Gasteiger partial charge is 0.323 e. The topological polar surface area (TPSA) is 38.9 Å². The van der Waals surface area contributed by atoms with Gasteiger partial charge in [-0.15, -0.1) is 0 Å². The van der Waals surface area contributed by atoms with Crippen molar-refractivity contribution in [1.29, 1.82) is 0 Å². The van der Waals surface area contributed by atoms with Crippen LogP contribution in [0.1, 0.15) is 32.4 Å². The van der Waals surface area contributed by atoms with Gasteiger partial charge in [0.25, 0.3) is 0 Å². The Morgan fingerprint density at radius 2 is 2.08 bits per heavy atom. The first-order valence-corrected chi connectivity index (χ1v) is 5.07. The number of hydrogen-bond donors (Lipinski definition) is 1. The molecular formula is C10H15BrN2. The fourth-order valence-electron chi connectivity index (χ4n) is 1.09. The zero-order valence-electron chi connectivity index (χ0n) is 8.21. The predicted octanol–water partition coefficient (Wildman–Crippen LogP) is 2.89. The summed E-state index contributed by atoms with van der Waals surface area (Å²) in [6, 6.07) is 1.93. The molecule has 1 rings (SSSR count). The Labute approximate surface area is 87.7 Å². The van der Waals surface area contributed by atoms with E-state index in [-0.39, 0.29) is 11.5 Å². The van der Waals surface area contributed by atoms with Crippen molar-refractivity contribution in [3.8, 4) is 0 Å². The molecule has 0 aliphatic rings. The normalized spacial score (nSPS) is 14.2. The smallest absolute Gasteiger partial charge is 0.0370 e. The lowest BCUT2D eigenvalue weighted by atomic mass is 9.84. The quantitative estimate of drug-likeness (QED) is 0.823. The molecule has 3 heteroatoms. The number of hydrogen-bond acceptors (Lipinski definition) is 2. The van der Waals surface area contributed by atoms with Gasteiger partial charge < -0.3 is 5.73 Å². The Hall–Kier alpha value is -0.410. The third-order valence-electron chi connectivity index (χ3n) is 2.06. The second-order valence-corrected chi connectivity index (χ2v) is 5.10. The number of nitrogens with two attached hydrogens (primary N) is 1. The van der Waals surface area contributed by atoms with Crippen LogP contribution in [0.4, 0.5) is 0 Å². The molecule has 0 aromatic carbocycles. The molecule has 0 radical (unpaired) electrons. The van der Waals surface area contributed by atoms with Crippen LogP contribution in [0.15, 0.2) is 22.9 Å². The van der Waals surface area contributed by atoms with Crippen molar-refractivity contribution in [2.45, 2.75) is 26.8 Å². The molecule has 0 bridgehead atoms. The lowest BCUT2D eigenvalue weighted by Crippen LogP contribution is -2.26. The lowest BCUT2D eigenvalue weighted by molar-refractivity contribution is 0.325. The van der Waals surface area contributed by atoms with E-state index < -0.39 is 0 Å². The summed E-state index contributed by atoms with van der Waals surface area (Å²) in [7, 11) is 0. The molecule has 1 atom stereocenters. The van der Waals surface area contributed by atoms with Gasteiger partial charge in [-0.1, -0.05) is 36.7 Å². The highest BCUT2D eigenvalue weighted by atomic mass is 79.9. The van der Waals surface area contributed by atoms with Crippen LogP contribution in [0.2, 0.25) is 0 Å². The summed E-state index contributed by atoms with van der Waals surface area (Å²) in [6.45, 7) is 6.37. The van der Waals surface area contributed by atoms with E-state index in [2.05, 4.69) is 41.7 Å². The highest BCUT2D eigenvalue weighted by molar-refractivity contribution is 9.10. The van der Waals surface area contributed by atoms with E-state index in [4.69, 9.17) is 5.73 Å². The fraction of sp³-hybridized carbons (Fsp3) is 0.500. The molecule has 2 N–H and O–H groups in total. The molecule has 2 nitrogen and oxygen atoms in total. The lowest BCUT2D eigenvalue weighted by Gasteiger charge is -2.27. The molecule has 0 amide bonds. The van der Waals surface area contributed by atoms with E-state index in [9.17, 15) is 0 Å². The van der Waals surface area contributed by atoms with Gasteiger partial charge in [-0.25, -0.2) is 0 Å². The van der Waals surface area contributed by atoms with E-state index in [1.54, 1.807) is 6.20 Å². The molecule has 1 unspecified atom stereocenters. The molecule has 0 saturated heterocycles. The summed E-state index contributed by atoms with van der Waals surface area (Å²) < 4.78 is 1.03. The van der Waals surface area contributed by atoms with E-state index in [1.165, 1.54) is 0 Å². The first-order chi connectivity index (χ1) is 5.93. The van der Waals surface area contributed by atoms with E-state index in [0.29, 0.717) is 0 Å². The molecule has 1 aromatic heterocycles. The highest BCUT2D eigenvalue weighted by Gasteiger charge is 2.23. The molecule has 0 fully saturated rings. The Morgan fingerprint density at radius 1 is 1.46 bits per heavy atom. The van der Waals surface area contributed by atoms with Crippen LogP contribution >= 0.6 is 15.9 Å². The third-order valence-corrected chi connectivity index (χ3v) is 2.79. The maximum atomic E-state index is 6.10. The van der Waals surface area contributed by atoms with E-state index in [1.807, 2.05) is 12.3 Å². The molecule has 1 heterocycles. The van der Waals surface area contributed by atoms with Gasteiger partial charge in [0.1, 0.15) is 0 Å². The summed E-state index contributed by atoms with van der Waals surface area (Å²) in [4.78, 5) is 4.07. The third kappa shape index (κ3) is 2.51. The van der Waals surface area contributed by atoms with E-state index in [0.717, 1.165) is 10.0 Å². The summed E-state index contributed by atoms with van der Waals surface area (Å²) in [6.07, 6.45) is 3.57. The fourth-order valence-corrected chi connectivity index (χ4v) is 1.55. The van der Waals surface area contributed by atoms with Crippen molar-refractivity contribution in [3.63, 3.8) is 0 Å². The number of nitrogens with zero attached hydrogens (tertiary/aromatic N) is 1. The summed E-state index contributed by atoms with van der Waals surface area (Å²) in [5, 5.41) is 0. The van der Waals surface area contributed by atoms with Crippen LogP contribution in [-0.4, -0.2) is 4.98 Å². The zero-order chi connectivity index (χ0) is 10.1. The molecule has 13 heavy (non-hydrogen) atoms. The maximum absolute atomic E-state index is 6.10. The van der Waals surface area contributed by atoms with Gasteiger partial charge in [-0.2, -0.15) is 0 Å². The Balaban J connectivity index is 3.02. The maximum Gasteiger partial charge on any atom is 0.0370 e. The minimum absolute atomic E-state index is 0.00979. The van der Waals surface area contributed by atoms with Crippen LogP contribution in [0, 0.1) is 5.41 Å². The second kappa shape index (κ2) is 3.76. The zero-order valence-corrected chi connectivity index (χ0v) is 9.80. The van der Waals surface area contributed by atoms with Crippen LogP contribution in [0.5, 0.6) is 0 Å². The Kier molecular flexibility index (Phi) is 3.09. The highest BCUT2D eigenvalue weighted by Crippen LogP contribution is 2.33. The van der Waals surface area contributed by atoms with Gasteiger partial charge in [0.2, 0.25) is 0 Å². The molecule has 0 saturated carbocycles. The van der Waals surface area contributed by atoms with Gasteiger partial charge in [-0.05, 0) is 11.5 Å². The van der Waals surface area contributed by atoms with E-state index >= 15 is 0 Å². The van der Waals surface area contributed by atoms with Crippen LogP contribution < -0.4 is 5.73 Å². The molecule has 72 valence electrons. The molecule has 0 aliphatic heterocycles. The Morgan fingerprint density at radius 3 is 2.54 bits per heavy atom. The van der Waals surface area contributed by atoms with Crippen LogP contribution in [0.25, 0.3) is 0 Å². The predicted molar refractivity (Wildman–Crippen MR) is 58.3 cm³/mol. The van der Waals surface area contributed by atoms with Crippen molar-refractivity contribution in [2.75, 3.05) is 0 Å². The number of pyridine rings is 1. The minimum Gasteiger partial charge on any atom is -0.323 e. The van der Waals surface area contributed by atoms with Gasteiger partial charge >= 0.3 is 0 Å². The molecule has 0 spiro atoms. The van der Waals surface area contributed by atoms with Gasteiger partial charge in [0, 0.05) is 28.5 Å². The summed E-state index contributed by atoms with van der Waals surface area (Å²) in [5.74, 6) is 0. The number of aromatic nitrogens is 1. The van der Waals surface area contributed by atoms with Crippen molar-refractivity contribution in [3.05, 3.63) is 28.5 Å². The van der Waals surface area contributed by atoms with Crippen LogP contribution in [-0.2, 0) is 0 Å². The van der Waals surface area contributed by atoms with Gasteiger partial charge in [0.05, 0.1) is 0 Å². The molecule has 1 aromatic rings. The molecule has 0 aliphatic carbocycles. The average molecular weight is 243 g/mol. The van der Waals surface area contributed by atoms with Crippen molar-refractivity contribution >= 4 is 15.9 Å². The SMILES string of the molecule is CC(C)(C)C(N)c1cnccc1Br. The summed E-state index contributed by atoms with van der Waals surface area (Å²) in [5.41, 5.74) is 7.23. The first kappa shape index (κ1) is 10.7. The van der Waals surface area contributed by atoms with Crippen molar-refractivity contribution in [1.82, 2.24) is 4.98 Å². The minimum atomic E-state index is 0.00979. The van der Waals surface area contributed by atoms with Crippen LogP contribution in [0.3, 0.4) is 0 Å². The first-order valence-electron chi connectivity index (χ1n) is 4.28. The van der Waals surface area contributed by atoms with Crippen molar-refractivity contribution in [2.24, 2.45) is 11.1 Å². The average Bonchev–Trinajstić information content (AvgIpc) is 2.02. The second-order valence-electron chi connectivity index (χ2n) is 4.24. The molecular weight excluding hydrogens is 228 g/mol.